The molecule has 0 bridgehead atoms. The van der Waals surface area contributed by atoms with E-state index in [0.717, 1.165) is 23.3 Å². The third kappa shape index (κ3) is 0.893. The monoisotopic (exact) mass is 292 g/mol. The minimum atomic E-state index is 0.360. The van der Waals surface area contributed by atoms with Crippen molar-refractivity contribution in [3.63, 3.8) is 0 Å². The molecule has 112 valence electrons. The Hall–Kier alpha value is -1.70. The molecule has 5 aliphatic rings. The second kappa shape index (κ2) is 3.29. The molecule has 1 aromatic rings. The van der Waals surface area contributed by atoms with Crippen molar-refractivity contribution in [2.45, 2.75) is 24.7 Å². The highest BCUT2D eigenvalue weighted by Crippen LogP contribution is 2.91. The smallest absolute Gasteiger partial charge is 0.122 e. The van der Waals surface area contributed by atoms with Crippen molar-refractivity contribution in [1.29, 1.82) is 0 Å². The Labute approximate surface area is 130 Å². The van der Waals surface area contributed by atoms with E-state index in [-0.39, 0.29) is 0 Å². The Bertz CT molecular complexity index is 776. The molecule has 0 N–H and O–H groups in total. The Balaban J connectivity index is 1.64. The highest BCUT2D eigenvalue weighted by Gasteiger charge is 2.84. The van der Waals surface area contributed by atoms with Crippen LogP contribution in [0.2, 0.25) is 0 Å². The van der Waals surface area contributed by atoms with Crippen LogP contribution in [-0.2, 0) is 0 Å². The number of allylic oxidation sites excluding steroid dienone is 4. The Morgan fingerprint density at radius 2 is 1.55 bits per heavy atom. The maximum Gasteiger partial charge on any atom is 0.122 e. The van der Waals surface area contributed by atoms with Gasteiger partial charge in [-0.3, -0.25) is 0 Å². The summed E-state index contributed by atoms with van der Waals surface area (Å²) < 4.78 is 11.5. The summed E-state index contributed by atoms with van der Waals surface area (Å²) in [5.41, 5.74) is 3.73. The quantitative estimate of drug-likeness (QED) is 0.766. The lowest BCUT2D eigenvalue weighted by molar-refractivity contribution is 0.0837. The molecular weight excluding hydrogens is 272 g/mol. The van der Waals surface area contributed by atoms with Crippen LogP contribution in [0, 0.1) is 22.7 Å². The van der Waals surface area contributed by atoms with Gasteiger partial charge in [-0.2, -0.15) is 0 Å². The molecule has 2 fully saturated rings. The van der Waals surface area contributed by atoms with Gasteiger partial charge in [-0.25, -0.2) is 0 Å². The molecule has 0 amide bonds. The number of benzene rings is 1. The van der Waals surface area contributed by atoms with E-state index in [4.69, 9.17) is 9.47 Å². The van der Waals surface area contributed by atoms with Gasteiger partial charge < -0.3 is 9.47 Å². The first-order chi connectivity index (χ1) is 10.8. The van der Waals surface area contributed by atoms with Crippen LogP contribution in [0.3, 0.4) is 0 Å². The van der Waals surface area contributed by atoms with Crippen LogP contribution >= 0.6 is 0 Å². The van der Waals surface area contributed by atoms with Crippen LogP contribution in [0.15, 0.2) is 36.4 Å². The van der Waals surface area contributed by atoms with Crippen LogP contribution < -0.4 is 9.47 Å². The van der Waals surface area contributed by atoms with Gasteiger partial charge in [0.25, 0.3) is 0 Å². The summed E-state index contributed by atoms with van der Waals surface area (Å²) in [5.74, 6) is 5.14. The average Bonchev–Trinajstić information content (AvgIpc) is 3.10. The molecule has 0 unspecified atom stereocenters. The molecule has 0 aromatic heterocycles. The summed E-state index contributed by atoms with van der Waals surface area (Å²) >= 11 is 0. The van der Waals surface area contributed by atoms with Gasteiger partial charge in [-0.15, -0.1) is 0 Å². The predicted octanol–water partition coefficient (Wildman–Crippen LogP) is 4.04. The van der Waals surface area contributed by atoms with Crippen molar-refractivity contribution in [1.82, 2.24) is 0 Å². The first-order valence-corrected chi connectivity index (χ1v) is 8.39. The summed E-state index contributed by atoms with van der Waals surface area (Å²) in [6, 6.07) is 4.21. The molecule has 2 saturated carbocycles. The molecule has 5 aliphatic carbocycles. The van der Waals surface area contributed by atoms with Gasteiger partial charge in [0.15, 0.2) is 0 Å². The van der Waals surface area contributed by atoms with E-state index in [2.05, 4.69) is 36.4 Å². The lowest BCUT2D eigenvalue weighted by atomic mass is 9.48. The molecule has 0 spiro atoms. The van der Waals surface area contributed by atoms with E-state index in [0.29, 0.717) is 22.7 Å². The number of hydrogen-bond acceptors (Lipinski definition) is 2. The number of rotatable bonds is 2. The van der Waals surface area contributed by atoms with Gasteiger partial charge in [0.1, 0.15) is 11.5 Å². The van der Waals surface area contributed by atoms with Crippen LogP contribution in [0.25, 0.3) is 0 Å². The molecular formula is C20H20O2. The Morgan fingerprint density at radius 3 is 2.18 bits per heavy atom. The molecule has 1 aromatic carbocycles. The summed E-state index contributed by atoms with van der Waals surface area (Å²) in [5, 5.41) is 0. The minimum Gasteiger partial charge on any atom is -0.496 e. The summed E-state index contributed by atoms with van der Waals surface area (Å²) in [6.45, 7) is 0. The average molecular weight is 292 g/mol. The second-order valence-electron chi connectivity index (χ2n) is 7.70. The van der Waals surface area contributed by atoms with Crippen LogP contribution in [0.5, 0.6) is 11.5 Å². The third-order valence-electron chi connectivity index (χ3n) is 7.52. The number of methoxy groups -OCH3 is 2. The first kappa shape index (κ1) is 11.8. The molecule has 0 heterocycles. The fraction of sp³-hybridized carbons (Fsp3) is 0.500. The van der Waals surface area contributed by atoms with E-state index in [1.807, 2.05) is 0 Å². The largest absolute Gasteiger partial charge is 0.496 e. The van der Waals surface area contributed by atoms with Crippen LogP contribution in [-0.4, -0.2) is 14.2 Å². The standard InChI is InChI=1S/C20H20O2/c1-21-11-5-6-12(22-2)14-13(11)15-16-17(14)19-7-3-4-8-20(19,10-9-19)18(15)16/h3-6,9-10,15-18H,7-8H2,1-2H3/t15-,16-,17-,18+,19+,20-/m1/s1. The summed E-state index contributed by atoms with van der Waals surface area (Å²) in [4.78, 5) is 0. The maximum absolute atomic E-state index is 5.76. The zero-order valence-electron chi connectivity index (χ0n) is 13.0. The number of hydrogen-bond donors (Lipinski definition) is 0. The number of ether oxygens (including phenoxy) is 2. The molecule has 0 radical (unpaired) electrons. The first-order valence-electron chi connectivity index (χ1n) is 8.39. The number of fused-ring (bicyclic) bond motifs is 4. The van der Waals surface area contributed by atoms with E-state index in [1.54, 1.807) is 14.2 Å². The second-order valence-corrected chi connectivity index (χ2v) is 7.70. The van der Waals surface area contributed by atoms with Crippen molar-refractivity contribution in [3.05, 3.63) is 47.6 Å². The van der Waals surface area contributed by atoms with E-state index in [9.17, 15) is 0 Å². The van der Waals surface area contributed by atoms with Crippen molar-refractivity contribution < 1.29 is 9.47 Å². The SMILES string of the molecule is COc1ccc(OC)c2c1[C@@H]1[C@H]3[C@H]1[C@@]14C=C[C@@]1(CC=CC4)[C@H]23. The van der Waals surface area contributed by atoms with Crippen molar-refractivity contribution in [3.8, 4) is 11.5 Å². The molecule has 22 heavy (non-hydrogen) atoms. The van der Waals surface area contributed by atoms with E-state index in [1.165, 1.54) is 24.0 Å². The molecule has 2 nitrogen and oxygen atoms in total. The molecule has 6 atom stereocenters. The van der Waals surface area contributed by atoms with Crippen LogP contribution in [0.4, 0.5) is 0 Å². The summed E-state index contributed by atoms with van der Waals surface area (Å²) in [7, 11) is 3.61. The van der Waals surface area contributed by atoms with Gasteiger partial charge in [0.05, 0.1) is 14.2 Å². The minimum absolute atomic E-state index is 0.360. The fourth-order valence-electron chi connectivity index (χ4n) is 6.86. The van der Waals surface area contributed by atoms with Crippen molar-refractivity contribution in [2.75, 3.05) is 14.2 Å². The van der Waals surface area contributed by atoms with E-state index >= 15 is 0 Å². The van der Waals surface area contributed by atoms with Gasteiger partial charge in [-0.05, 0) is 42.7 Å². The Morgan fingerprint density at radius 1 is 0.909 bits per heavy atom. The molecule has 0 aliphatic heterocycles. The molecule has 0 saturated heterocycles. The molecule has 2 heteroatoms. The van der Waals surface area contributed by atoms with E-state index < -0.39 is 0 Å². The zero-order valence-corrected chi connectivity index (χ0v) is 13.0. The Kier molecular flexibility index (Phi) is 1.77. The van der Waals surface area contributed by atoms with Crippen LogP contribution in [0.1, 0.15) is 35.8 Å². The predicted molar refractivity (Wildman–Crippen MR) is 84.4 cm³/mol. The third-order valence-corrected chi connectivity index (χ3v) is 7.52. The zero-order chi connectivity index (χ0) is 14.7. The van der Waals surface area contributed by atoms with Gasteiger partial charge in [0.2, 0.25) is 0 Å². The lowest BCUT2D eigenvalue weighted by Crippen LogP contribution is -2.48. The highest BCUT2D eigenvalue weighted by atomic mass is 16.5. The maximum atomic E-state index is 5.76. The van der Waals surface area contributed by atoms with Crippen molar-refractivity contribution in [2.24, 2.45) is 22.7 Å². The van der Waals surface area contributed by atoms with Gasteiger partial charge in [-0.1, -0.05) is 24.3 Å². The van der Waals surface area contributed by atoms with Gasteiger partial charge >= 0.3 is 0 Å². The van der Waals surface area contributed by atoms with Crippen molar-refractivity contribution >= 4 is 0 Å². The topological polar surface area (TPSA) is 18.5 Å². The fourth-order valence-corrected chi connectivity index (χ4v) is 6.86. The highest BCUT2D eigenvalue weighted by molar-refractivity contribution is 5.67. The molecule has 6 rings (SSSR count). The summed E-state index contributed by atoms with van der Waals surface area (Å²) in [6.07, 6.45) is 12.3. The lowest BCUT2D eigenvalue weighted by Gasteiger charge is -2.55. The normalized spacial score (nSPS) is 47.2. The van der Waals surface area contributed by atoms with Gasteiger partial charge in [0, 0.05) is 27.9 Å².